The Hall–Kier alpha value is -1.44. The Morgan fingerprint density at radius 3 is 2.72 bits per heavy atom. The van der Waals surface area contributed by atoms with Gasteiger partial charge in [0.25, 0.3) is 5.56 Å². The van der Waals surface area contributed by atoms with Gasteiger partial charge in [-0.2, -0.15) is 0 Å². The fourth-order valence-corrected chi connectivity index (χ4v) is 2.18. The molecule has 7 heteroatoms. The molecule has 0 amide bonds. The number of rotatable bonds is 2. The van der Waals surface area contributed by atoms with Crippen LogP contribution in [0.5, 0.6) is 0 Å². The van der Waals surface area contributed by atoms with E-state index in [4.69, 9.17) is 4.74 Å². The molecule has 1 aliphatic heterocycles. The van der Waals surface area contributed by atoms with E-state index in [0.717, 1.165) is 10.6 Å². The number of hydrogen-bond donors (Lipinski definition) is 3. The van der Waals surface area contributed by atoms with E-state index in [0.29, 0.717) is 6.42 Å². The van der Waals surface area contributed by atoms with Crippen molar-refractivity contribution in [3.05, 3.63) is 33.1 Å². The third-order valence-electron chi connectivity index (χ3n) is 3.26. The van der Waals surface area contributed by atoms with Crippen molar-refractivity contribution in [1.29, 1.82) is 0 Å². The zero-order valence-corrected chi connectivity index (χ0v) is 10.2. The number of ether oxygens (including phenoxy) is 1. The summed E-state index contributed by atoms with van der Waals surface area (Å²) in [7, 11) is 0. The van der Waals surface area contributed by atoms with E-state index in [2.05, 4.69) is 4.98 Å². The second kappa shape index (κ2) is 4.34. The average molecular weight is 256 g/mol. The van der Waals surface area contributed by atoms with Crippen LogP contribution in [-0.4, -0.2) is 37.6 Å². The molecule has 2 rings (SSSR count). The van der Waals surface area contributed by atoms with Crippen molar-refractivity contribution in [2.45, 2.75) is 44.3 Å². The summed E-state index contributed by atoms with van der Waals surface area (Å²) in [6.45, 7) is 3.21. The molecule has 0 aliphatic carbocycles. The molecule has 0 bridgehead atoms. The van der Waals surface area contributed by atoms with Gasteiger partial charge in [-0.25, -0.2) is 4.79 Å². The van der Waals surface area contributed by atoms with Gasteiger partial charge in [0.05, 0.1) is 6.10 Å². The Labute approximate surface area is 103 Å². The predicted octanol–water partition coefficient (Wildman–Crippen LogP) is -1.04. The number of nitrogens with one attached hydrogen (secondary N) is 1. The van der Waals surface area contributed by atoms with E-state index >= 15 is 0 Å². The summed E-state index contributed by atoms with van der Waals surface area (Å²) in [4.78, 5) is 24.7. The van der Waals surface area contributed by atoms with Crippen LogP contribution in [0.15, 0.2) is 21.9 Å². The number of H-pyrrole nitrogens is 1. The molecule has 1 unspecified atom stereocenters. The van der Waals surface area contributed by atoms with Gasteiger partial charge in [-0.1, -0.05) is 6.92 Å². The highest BCUT2D eigenvalue weighted by molar-refractivity contribution is 5.00. The Balaban J connectivity index is 2.45. The molecule has 7 nitrogen and oxygen atoms in total. The van der Waals surface area contributed by atoms with Gasteiger partial charge in [0.2, 0.25) is 0 Å². The van der Waals surface area contributed by atoms with Crippen LogP contribution >= 0.6 is 0 Å². The number of aliphatic hydroxyl groups is 2. The van der Waals surface area contributed by atoms with Crippen molar-refractivity contribution in [3.63, 3.8) is 0 Å². The van der Waals surface area contributed by atoms with Gasteiger partial charge < -0.3 is 14.9 Å². The second-order valence-electron chi connectivity index (χ2n) is 4.62. The third-order valence-corrected chi connectivity index (χ3v) is 3.26. The molecule has 0 saturated carbocycles. The molecule has 0 radical (unpaired) electrons. The van der Waals surface area contributed by atoms with Crippen LogP contribution in [0.25, 0.3) is 0 Å². The Kier molecular flexibility index (Phi) is 3.14. The summed E-state index contributed by atoms with van der Waals surface area (Å²) in [6.07, 6.45) is -0.922. The minimum absolute atomic E-state index is 0.506. The van der Waals surface area contributed by atoms with Crippen molar-refractivity contribution >= 4 is 0 Å². The van der Waals surface area contributed by atoms with Crippen LogP contribution < -0.4 is 11.2 Å². The molecule has 18 heavy (non-hydrogen) atoms. The lowest BCUT2D eigenvalue weighted by Gasteiger charge is -2.27. The van der Waals surface area contributed by atoms with E-state index in [1.807, 2.05) is 6.92 Å². The maximum Gasteiger partial charge on any atom is 0.330 e. The number of aromatic nitrogens is 2. The number of aliphatic hydroxyl groups excluding tert-OH is 1. The van der Waals surface area contributed by atoms with Crippen molar-refractivity contribution in [1.82, 2.24) is 9.55 Å². The molecule has 2 heterocycles. The summed E-state index contributed by atoms with van der Waals surface area (Å²) >= 11 is 0. The molecule has 0 spiro atoms. The van der Waals surface area contributed by atoms with Gasteiger partial charge in [0.1, 0.15) is 11.7 Å². The topological polar surface area (TPSA) is 105 Å². The lowest BCUT2D eigenvalue weighted by atomic mass is 9.95. The molecule has 0 aromatic carbocycles. The largest absolute Gasteiger partial charge is 0.387 e. The lowest BCUT2D eigenvalue weighted by molar-refractivity contribution is -0.0975. The molecular formula is C11H16N2O5. The van der Waals surface area contributed by atoms with Crippen LogP contribution in [-0.2, 0) is 4.74 Å². The molecule has 100 valence electrons. The van der Waals surface area contributed by atoms with Gasteiger partial charge in [-0.05, 0) is 13.3 Å². The second-order valence-corrected chi connectivity index (χ2v) is 4.62. The van der Waals surface area contributed by atoms with Crippen molar-refractivity contribution in [2.75, 3.05) is 0 Å². The SMILES string of the molecule is CC[C@H]1O[C@@H](n2ccc(=O)[nH]c2=O)C(C)(O)[C@H]1O. The fourth-order valence-electron chi connectivity index (χ4n) is 2.18. The van der Waals surface area contributed by atoms with Crippen LogP contribution in [0.1, 0.15) is 26.5 Å². The molecule has 1 aromatic heterocycles. The van der Waals surface area contributed by atoms with E-state index < -0.39 is 35.3 Å². The number of aromatic amines is 1. The Morgan fingerprint density at radius 1 is 1.56 bits per heavy atom. The van der Waals surface area contributed by atoms with Gasteiger partial charge in [0.15, 0.2) is 6.23 Å². The molecule has 1 saturated heterocycles. The van der Waals surface area contributed by atoms with Crippen molar-refractivity contribution in [3.8, 4) is 0 Å². The smallest absolute Gasteiger partial charge is 0.330 e. The summed E-state index contributed by atoms with van der Waals surface area (Å²) in [5, 5.41) is 20.2. The standard InChI is InChI=1S/C11H16N2O5/c1-3-6-8(15)11(2,17)9(18-6)13-5-4-7(14)12-10(13)16/h4-6,8-9,15,17H,3H2,1-2H3,(H,12,14,16)/t6-,8+,9-,11?/m1/s1. The van der Waals surface area contributed by atoms with Crippen LogP contribution in [0.2, 0.25) is 0 Å². The Bertz CT molecular complexity index is 547. The maximum absolute atomic E-state index is 11.7. The molecule has 1 fully saturated rings. The molecule has 1 aliphatic rings. The normalized spacial score (nSPS) is 35.9. The number of nitrogens with zero attached hydrogens (tertiary/aromatic N) is 1. The first kappa shape index (κ1) is 13.0. The zero-order valence-electron chi connectivity index (χ0n) is 10.2. The van der Waals surface area contributed by atoms with Crippen molar-refractivity contribution < 1.29 is 14.9 Å². The first-order chi connectivity index (χ1) is 8.37. The first-order valence-electron chi connectivity index (χ1n) is 5.75. The third kappa shape index (κ3) is 1.90. The monoisotopic (exact) mass is 256 g/mol. The van der Waals surface area contributed by atoms with E-state index in [9.17, 15) is 19.8 Å². The molecule has 4 atom stereocenters. The van der Waals surface area contributed by atoms with E-state index in [-0.39, 0.29) is 0 Å². The van der Waals surface area contributed by atoms with Crippen molar-refractivity contribution in [2.24, 2.45) is 0 Å². The van der Waals surface area contributed by atoms with Gasteiger partial charge in [-0.15, -0.1) is 0 Å². The Morgan fingerprint density at radius 2 is 2.22 bits per heavy atom. The van der Waals surface area contributed by atoms with Gasteiger partial charge in [0, 0.05) is 12.3 Å². The number of hydrogen-bond acceptors (Lipinski definition) is 5. The lowest BCUT2D eigenvalue weighted by Crippen LogP contribution is -2.46. The van der Waals surface area contributed by atoms with Gasteiger partial charge in [-0.3, -0.25) is 14.3 Å². The fraction of sp³-hybridized carbons (Fsp3) is 0.636. The van der Waals surface area contributed by atoms with Crippen LogP contribution in [0.3, 0.4) is 0 Å². The van der Waals surface area contributed by atoms with Gasteiger partial charge >= 0.3 is 5.69 Å². The summed E-state index contributed by atoms with van der Waals surface area (Å²) < 4.78 is 6.56. The molecule has 3 N–H and O–H groups in total. The minimum atomic E-state index is -1.59. The average Bonchev–Trinajstić information content (AvgIpc) is 2.52. The first-order valence-corrected chi connectivity index (χ1v) is 5.75. The summed E-state index contributed by atoms with van der Waals surface area (Å²) in [5.41, 5.74) is -2.80. The van der Waals surface area contributed by atoms with E-state index in [1.165, 1.54) is 13.1 Å². The summed E-state index contributed by atoms with van der Waals surface area (Å²) in [6, 6.07) is 1.16. The predicted molar refractivity (Wildman–Crippen MR) is 62.2 cm³/mol. The summed E-state index contributed by atoms with van der Waals surface area (Å²) in [5.74, 6) is 0. The maximum atomic E-state index is 11.7. The molecule has 1 aromatic rings. The van der Waals surface area contributed by atoms with Crippen LogP contribution in [0, 0.1) is 0 Å². The minimum Gasteiger partial charge on any atom is -0.387 e. The van der Waals surface area contributed by atoms with E-state index in [1.54, 1.807) is 0 Å². The van der Waals surface area contributed by atoms with Crippen LogP contribution in [0.4, 0.5) is 0 Å². The zero-order chi connectivity index (χ0) is 13.5. The quantitative estimate of drug-likeness (QED) is 0.626. The highest BCUT2D eigenvalue weighted by Gasteiger charge is 2.52. The highest BCUT2D eigenvalue weighted by atomic mass is 16.6. The highest BCUT2D eigenvalue weighted by Crippen LogP contribution is 2.38. The molecular weight excluding hydrogens is 240 g/mol.